The number of rotatable bonds is 6. The van der Waals surface area contributed by atoms with Gasteiger partial charge in [0.05, 0.1) is 13.2 Å². The van der Waals surface area contributed by atoms with Crippen molar-refractivity contribution in [2.45, 2.75) is 25.7 Å². The van der Waals surface area contributed by atoms with Crippen LogP contribution in [0.5, 0.6) is 0 Å². The average molecular weight is 283 g/mol. The highest BCUT2D eigenvalue weighted by atomic mass is 16.5. The first-order valence-corrected chi connectivity index (χ1v) is 7.80. The lowest BCUT2D eigenvalue weighted by atomic mass is 9.69. The number of ether oxygens (including phenoxy) is 1. The van der Waals surface area contributed by atoms with Crippen molar-refractivity contribution in [3.63, 3.8) is 0 Å². The maximum absolute atomic E-state index is 12.1. The fourth-order valence-corrected chi connectivity index (χ4v) is 3.16. The monoisotopic (exact) mass is 283 g/mol. The molecule has 0 unspecified atom stereocenters. The lowest BCUT2D eigenvalue weighted by molar-refractivity contribution is -0.123. The molecule has 0 aromatic heterocycles. The van der Waals surface area contributed by atoms with Gasteiger partial charge in [0.1, 0.15) is 0 Å². The summed E-state index contributed by atoms with van der Waals surface area (Å²) in [6, 6.07) is 0. The summed E-state index contributed by atoms with van der Waals surface area (Å²) in [7, 11) is 3.89. The maximum atomic E-state index is 12.1. The van der Waals surface area contributed by atoms with Crippen LogP contribution in [0.1, 0.15) is 25.7 Å². The summed E-state index contributed by atoms with van der Waals surface area (Å²) < 4.78 is 5.29. The van der Waals surface area contributed by atoms with E-state index < -0.39 is 0 Å². The molecule has 5 heteroatoms. The summed E-state index contributed by atoms with van der Waals surface area (Å²) in [5.74, 6) is 0.164. The van der Waals surface area contributed by atoms with Crippen molar-refractivity contribution in [3.8, 4) is 0 Å². The molecule has 0 aromatic rings. The number of methoxy groups -OCH3 is 1. The van der Waals surface area contributed by atoms with Crippen LogP contribution in [0.4, 0.5) is 0 Å². The Morgan fingerprint density at radius 1 is 1.20 bits per heavy atom. The van der Waals surface area contributed by atoms with Crippen molar-refractivity contribution in [2.24, 2.45) is 5.41 Å². The van der Waals surface area contributed by atoms with E-state index in [0.717, 1.165) is 45.8 Å². The van der Waals surface area contributed by atoms with E-state index in [-0.39, 0.29) is 11.3 Å². The van der Waals surface area contributed by atoms with Gasteiger partial charge in [-0.2, -0.15) is 0 Å². The number of hydrogen-bond donors (Lipinski definition) is 1. The molecule has 0 aromatic carbocycles. The number of amides is 1. The Bertz CT molecular complexity index is 318. The number of carbonyl (C=O) groups is 1. The second kappa shape index (κ2) is 7.38. The Kier molecular flexibility index (Phi) is 5.81. The molecule has 2 aliphatic rings. The number of likely N-dealkylation sites (N-methyl/N-ethyl adjacent to an activating group) is 1. The first kappa shape index (κ1) is 15.7. The van der Waals surface area contributed by atoms with E-state index >= 15 is 0 Å². The van der Waals surface area contributed by atoms with E-state index in [1.165, 1.54) is 19.3 Å². The molecule has 1 amide bonds. The van der Waals surface area contributed by atoms with Crippen molar-refractivity contribution in [3.05, 3.63) is 0 Å². The molecule has 0 radical (unpaired) electrons. The molecular weight excluding hydrogens is 254 g/mol. The fourth-order valence-electron chi connectivity index (χ4n) is 3.16. The highest BCUT2D eigenvalue weighted by Crippen LogP contribution is 2.40. The first-order valence-electron chi connectivity index (χ1n) is 7.80. The van der Waals surface area contributed by atoms with Gasteiger partial charge in [0.25, 0.3) is 0 Å². The molecule has 0 atom stereocenters. The van der Waals surface area contributed by atoms with Crippen LogP contribution < -0.4 is 5.32 Å². The van der Waals surface area contributed by atoms with Crippen LogP contribution in [0.15, 0.2) is 0 Å². The zero-order valence-electron chi connectivity index (χ0n) is 13.0. The molecule has 2 fully saturated rings. The molecule has 0 spiro atoms. The summed E-state index contributed by atoms with van der Waals surface area (Å²) in [5.41, 5.74) is 0.212. The fraction of sp³-hybridized carbons (Fsp3) is 0.933. The molecule has 2 rings (SSSR count). The van der Waals surface area contributed by atoms with E-state index in [4.69, 9.17) is 4.74 Å². The van der Waals surface area contributed by atoms with Gasteiger partial charge < -0.3 is 15.0 Å². The van der Waals surface area contributed by atoms with Gasteiger partial charge >= 0.3 is 0 Å². The van der Waals surface area contributed by atoms with E-state index in [1.54, 1.807) is 7.11 Å². The van der Waals surface area contributed by atoms with Gasteiger partial charge in [0.15, 0.2) is 0 Å². The van der Waals surface area contributed by atoms with Crippen molar-refractivity contribution in [1.82, 2.24) is 15.1 Å². The second-order valence-electron chi connectivity index (χ2n) is 6.50. The Morgan fingerprint density at radius 3 is 2.65 bits per heavy atom. The molecule has 1 saturated heterocycles. The second-order valence-corrected chi connectivity index (χ2v) is 6.50. The summed E-state index contributed by atoms with van der Waals surface area (Å²) in [6.45, 7) is 6.29. The van der Waals surface area contributed by atoms with Gasteiger partial charge in [-0.25, -0.2) is 0 Å². The van der Waals surface area contributed by atoms with E-state index in [0.29, 0.717) is 6.54 Å². The molecule has 1 heterocycles. The quantitative estimate of drug-likeness (QED) is 0.773. The normalized spacial score (nSPS) is 23.9. The predicted octanol–water partition coefficient (Wildman–Crippen LogP) is 0.557. The molecule has 116 valence electrons. The largest absolute Gasteiger partial charge is 0.384 e. The van der Waals surface area contributed by atoms with Crippen LogP contribution in [-0.4, -0.2) is 75.7 Å². The van der Waals surface area contributed by atoms with Gasteiger partial charge in [-0.15, -0.1) is 0 Å². The number of carbonyl (C=O) groups excluding carboxylic acids is 1. The van der Waals surface area contributed by atoms with Crippen LogP contribution in [0.2, 0.25) is 0 Å². The van der Waals surface area contributed by atoms with Gasteiger partial charge in [-0.1, -0.05) is 6.42 Å². The average Bonchev–Trinajstić information content (AvgIpc) is 2.58. The number of nitrogens with zero attached hydrogens (tertiary/aromatic N) is 2. The molecule has 1 saturated carbocycles. The summed E-state index contributed by atoms with van der Waals surface area (Å²) in [6.07, 6.45) is 4.76. The van der Waals surface area contributed by atoms with E-state index in [9.17, 15) is 4.79 Å². The third-order valence-electron chi connectivity index (χ3n) is 4.70. The smallest absolute Gasteiger partial charge is 0.234 e. The zero-order valence-corrected chi connectivity index (χ0v) is 13.0. The standard InChI is InChI=1S/C15H29N3O2/c1-17-7-4-8-18(10-9-17)11-14(19)16-12-15(13-20-2)5-3-6-15/h3-13H2,1-2H3,(H,16,19). The predicted molar refractivity (Wildman–Crippen MR) is 79.7 cm³/mol. The molecule has 1 aliphatic heterocycles. The zero-order chi connectivity index (χ0) is 14.4. The third-order valence-corrected chi connectivity index (χ3v) is 4.70. The molecule has 20 heavy (non-hydrogen) atoms. The Hall–Kier alpha value is -0.650. The van der Waals surface area contributed by atoms with E-state index in [1.807, 2.05) is 0 Å². The molecule has 1 N–H and O–H groups in total. The van der Waals surface area contributed by atoms with Crippen molar-refractivity contribution < 1.29 is 9.53 Å². The van der Waals surface area contributed by atoms with Crippen LogP contribution in [-0.2, 0) is 9.53 Å². The van der Waals surface area contributed by atoms with Crippen LogP contribution in [0.3, 0.4) is 0 Å². The third kappa shape index (κ3) is 4.43. The molecular formula is C15H29N3O2. The van der Waals surface area contributed by atoms with Gasteiger partial charge in [0.2, 0.25) is 5.91 Å². The summed E-state index contributed by atoms with van der Waals surface area (Å²) in [5, 5.41) is 3.11. The van der Waals surface area contributed by atoms with Crippen LogP contribution >= 0.6 is 0 Å². The maximum Gasteiger partial charge on any atom is 0.234 e. The SMILES string of the molecule is COCC1(CNC(=O)CN2CCCN(C)CC2)CCC1. The topological polar surface area (TPSA) is 44.8 Å². The minimum atomic E-state index is 0.164. The van der Waals surface area contributed by atoms with Crippen molar-refractivity contribution in [2.75, 3.05) is 60.0 Å². The minimum Gasteiger partial charge on any atom is -0.384 e. The highest BCUT2D eigenvalue weighted by Gasteiger charge is 2.37. The number of nitrogens with one attached hydrogen (secondary N) is 1. The minimum absolute atomic E-state index is 0.164. The molecule has 0 bridgehead atoms. The van der Waals surface area contributed by atoms with E-state index in [2.05, 4.69) is 22.2 Å². The van der Waals surface area contributed by atoms with Gasteiger partial charge in [-0.05, 0) is 39.4 Å². The van der Waals surface area contributed by atoms with Crippen molar-refractivity contribution >= 4 is 5.91 Å². The Morgan fingerprint density at radius 2 is 2.00 bits per heavy atom. The van der Waals surface area contributed by atoms with Gasteiger partial charge in [0, 0.05) is 32.2 Å². The lowest BCUT2D eigenvalue weighted by Gasteiger charge is -2.41. The van der Waals surface area contributed by atoms with Gasteiger partial charge in [-0.3, -0.25) is 9.69 Å². The Labute approximate surface area is 122 Å². The summed E-state index contributed by atoms with van der Waals surface area (Å²) >= 11 is 0. The molecule has 1 aliphatic carbocycles. The number of hydrogen-bond acceptors (Lipinski definition) is 4. The van der Waals surface area contributed by atoms with Crippen LogP contribution in [0, 0.1) is 5.41 Å². The Balaban J connectivity index is 1.69. The van der Waals surface area contributed by atoms with Crippen LogP contribution in [0.25, 0.3) is 0 Å². The molecule has 5 nitrogen and oxygen atoms in total. The highest BCUT2D eigenvalue weighted by molar-refractivity contribution is 5.78. The lowest BCUT2D eigenvalue weighted by Crippen LogP contribution is -2.47. The first-order chi connectivity index (χ1) is 9.63. The summed E-state index contributed by atoms with van der Waals surface area (Å²) in [4.78, 5) is 16.7. The van der Waals surface area contributed by atoms with Crippen molar-refractivity contribution in [1.29, 1.82) is 0 Å².